The van der Waals surface area contributed by atoms with Crippen LogP contribution in [-0.4, -0.2) is 89.0 Å². The van der Waals surface area contributed by atoms with Crippen molar-refractivity contribution in [3.05, 3.63) is 24.0 Å². The summed E-state index contributed by atoms with van der Waals surface area (Å²) in [6, 6.07) is 3.80. The molecule has 7 nitrogen and oxygen atoms in total. The van der Waals surface area contributed by atoms with Crippen molar-refractivity contribution >= 4 is 11.9 Å². The summed E-state index contributed by atoms with van der Waals surface area (Å²) in [5.74, 6) is -1.08. The van der Waals surface area contributed by atoms with Crippen LogP contribution in [-0.2, 0) is 4.79 Å². The minimum absolute atomic E-state index is 0.0198. The fraction of sp³-hybridized carbons (Fsp3) is 0.600. The van der Waals surface area contributed by atoms with Crippen molar-refractivity contribution in [3.63, 3.8) is 0 Å². The highest BCUT2D eigenvalue weighted by Crippen LogP contribution is 2.19. The maximum absolute atomic E-state index is 12.4. The molecule has 2 aliphatic rings. The largest absolute Gasteiger partial charge is 0.481 e. The third-order valence-electron chi connectivity index (χ3n) is 4.58. The number of carboxylic acids is 1. The Hall–Kier alpha value is -1.86. The summed E-state index contributed by atoms with van der Waals surface area (Å²) in [6.07, 6.45) is 1.75. The number of hydrogen-bond acceptors (Lipinski definition) is 4. The van der Waals surface area contributed by atoms with Gasteiger partial charge in [-0.05, 0) is 19.2 Å². The average molecular weight is 306 g/mol. The molecule has 1 aromatic rings. The Labute approximate surface area is 129 Å². The number of carboxylic acid groups (broad SMARTS) is 1. The summed E-state index contributed by atoms with van der Waals surface area (Å²) in [6.45, 7) is 3.94. The number of carbonyl (C=O) groups excluding carboxylic acids is 1. The monoisotopic (exact) mass is 306 g/mol. The zero-order valence-electron chi connectivity index (χ0n) is 12.7. The number of piperazine rings is 1. The molecule has 0 aromatic carbocycles. The van der Waals surface area contributed by atoms with Crippen molar-refractivity contribution in [2.24, 2.45) is 5.92 Å². The second-order valence-electron chi connectivity index (χ2n) is 6.24. The zero-order chi connectivity index (χ0) is 15.7. The molecule has 0 aliphatic carbocycles. The topological polar surface area (TPSA) is 79.9 Å². The molecule has 2 fully saturated rings. The molecular weight excluding hydrogens is 284 g/mol. The summed E-state index contributed by atoms with van der Waals surface area (Å²) < 4.78 is 0. The molecule has 0 saturated carbocycles. The van der Waals surface area contributed by atoms with Crippen LogP contribution < -0.4 is 0 Å². The van der Waals surface area contributed by atoms with Crippen LogP contribution in [0.15, 0.2) is 18.3 Å². The minimum Gasteiger partial charge on any atom is -0.481 e. The van der Waals surface area contributed by atoms with Gasteiger partial charge in [-0.1, -0.05) is 0 Å². The van der Waals surface area contributed by atoms with Gasteiger partial charge in [-0.25, -0.2) is 0 Å². The highest BCUT2D eigenvalue weighted by molar-refractivity contribution is 5.92. The number of aromatic nitrogens is 1. The third kappa shape index (κ3) is 3.00. The molecule has 22 heavy (non-hydrogen) atoms. The molecule has 120 valence electrons. The predicted octanol–water partition coefficient (Wildman–Crippen LogP) is -0.213. The van der Waals surface area contributed by atoms with E-state index in [1.807, 2.05) is 18.0 Å². The van der Waals surface area contributed by atoms with Gasteiger partial charge >= 0.3 is 5.97 Å². The van der Waals surface area contributed by atoms with Crippen molar-refractivity contribution < 1.29 is 14.7 Å². The molecule has 2 aliphatic heterocycles. The number of likely N-dealkylation sites (N-methyl/N-ethyl adjacent to an activating group) is 1. The Morgan fingerprint density at radius 3 is 2.73 bits per heavy atom. The van der Waals surface area contributed by atoms with Gasteiger partial charge in [0.2, 0.25) is 0 Å². The van der Waals surface area contributed by atoms with Crippen LogP contribution in [0.3, 0.4) is 0 Å². The van der Waals surface area contributed by atoms with E-state index in [-0.39, 0.29) is 17.9 Å². The van der Waals surface area contributed by atoms with E-state index in [1.54, 1.807) is 12.3 Å². The summed E-state index contributed by atoms with van der Waals surface area (Å²) in [7, 11) is 1.95. The van der Waals surface area contributed by atoms with E-state index in [9.17, 15) is 14.7 Å². The lowest BCUT2D eigenvalue weighted by molar-refractivity contribution is -0.142. The first kappa shape index (κ1) is 15.1. The smallest absolute Gasteiger partial charge is 0.309 e. The van der Waals surface area contributed by atoms with Gasteiger partial charge < -0.3 is 19.9 Å². The Balaban J connectivity index is 1.70. The first-order valence-corrected chi connectivity index (χ1v) is 7.62. The van der Waals surface area contributed by atoms with Gasteiger partial charge in [0.05, 0.1) is 5.92 Å². The van der Waals surface area contributed by atoms with Crippen LogP contribution in [0.2, 0.25) is 0 Å². The van der Waals surface area contributed by atoms with E-state index in [1.165, 1.54) is 0 Å². The summed E-state index contributed by atoms with van der Waals surface area (Å²) >= 11 is 0. The number of hydrogen-bond donors (Lipinski definition) is 2. The number of carbonyl (C=O) groups is 2. The lowest BCUT2D eigenvalue weighted by atomic mass is 10.1. The molecule has 0 spiro atoms. The van der Waals surface area contributed by atoms with Gasteiger partial charge in [0.15, 0.2) is 0 Å². The lowest BCUT2D eigenvalue weighted by Crippen LogP contribution is -2.57. The van der Waals surface area contributed by atoms with Gasteiger partial charge in [0.25, 0.3) is 5.91 Å². The van der Waals surface area contributed by atoms with Gasteiger partial charge in [-0.2, -0.15) is 0 Å². The highest BCUT2D eigenvalue weighted by atomic mass is 16.4. The number of nitrogens with zero attached hydrogens (tertiary/aromatic N) is 3. The van der Waals surface area contributed by atoms with Gasteiger partial charge in [0.1, 0.15) is 5.69 Å². The molecule has 2 N–H and O–H groups in total. The van der Waals surface area contributed by atoms with Gasteiger partial charge in [0, 0.05) is 51.5 Å². The molecule has 3 heterocycles. The summed E-state index contributed by atoms with van der Waals surface area (Å²) in [5, 5.41) is 9.31. The molecule has 1 aromatic heterocycles. The van der Waals surface area contributed by atoms with Gasteiger partial charge in [-0.15, -0.1) is 0 Å². The van der Waals surface area contributed by atoms with Crippen LogP contribution in [0.25, 0.3) is 0 Å². The van der Waals surface area contributed by atoms with E-state index < -0.39 is 5.97 Å². The SMILES string of the molecule is CN1CC(C(=O)O)CN2CCN(C(=O)c3ccc[nH]3)CC2C1. The number of fused-ring (bicyclic) bond motifs is 1. The molecule has 1 amide bonds. The summed E-state index contributed by atoms with van der Waals surface area (Å²) in [5.41, 5.74) is 0.610. The molecule has 7 heteroatoms. The average Bonchev–Trinajstić information content (AvgIpc) is 2.95. The molecule has 2 unspecified atom stereocenters. The van der Waals surface area contributed by atoms with Crippen molar-refractivity contribution in [2.45, 2.75) is 6.04 Å². The first-order valence-electron chi connectivity index (χ1n) is 7.62. The quantitative estimate of drug-likeness (QED) is 0.790. The number of aliphatic carboxylic acids is 1. The fourth-order valence-corrected chi connectivity index (χ4v) is 3.43. The maximum Gasteiger partial charge on any atom is 0.309 e. The van der Waals surface area contributed by atoms with E-state index >= 15 is 0 Å². The van der Waals surface area contributed by atoms with Crippen molar-refractivity contribution in [1.29, 1.82) is 0 Å². The second-order valence-corrected chi connectivity index (χ2v) is 6.24. The zero-order valence-corrected chi connectivity index (χ0v) is 12.7. The maximum atomic E-state index is 12.4. The van der Waals surface area contributed by atoms with Crippen molar-refractivity contribution in [1.82, 2.24) is 19.7 Å². The van der Waals surface area contributed by atoms with E-state index in [2.05, 4.69) is 14.8 Å². The molecule has 0 bridgehead atoms. The Morgan fingerprint density at radius 2 is 2.05 bits per heavy atom. The van der Waals surface area contributed by atoms with Crippen molar-refractivity contribution in [3.8, 4) is 0 Å². The second kappa shape index (κ2) is 6.10. The van der Waals surface area contributed by atoms with Crippen LogP contribution in [0.5, 0.6) is 0 Å². The van der Waals surface area contributed by atoms with E-state index in [0.29, 0.717) is 31.9 Å². The van der Waals surface area contributed by atoms with Crippen LogP contribution in [0, 0.1) is 5.92 Å². The molecule has 0 radical (unpaired) electrons. The number of rotatable bonds is 2. The standard InChI is InChI=1S/C15H22N4O3/c1-17-7-11(15(21)22)8-18-5-6-19(10-12(18)9-17)14(20)13-3-2-4-16-13/h2-4,11-12,16H,5-10H2,1H3,(H,21,22). The van der Waals surface area contributed by atoms with Crippen LogP contribution in [0.1, 0.15) is 10.5 Å². The highest BCUT2D eigenvalue weighted by Gasteiger charge is 2.36. The van der Waals surface area contributed by atoms with Crippen LogP contribution >= 0.6 is 0 Å². The van der Waals surface area contributed by atoms with Gasteiger partial charge in [-0.3, -0.25) is 14.5 Å². The molecule has 2 saturated heterocycles. The Kier molecular flexibility index (Phi) is 4.17. The minimum atomic E-state index is -0.739. The third-order valence-corrected chi connectivity index (χ3v) is 4.58. The van der Waals surface area contributed by atoms with E-state index in [4.69, 9.17) is 0 Å². The number of amides is 1. The van der Waals surface area contributed by atoms with Crippen LogP contribution in [0.4, 0.5) is 0 Å². The lowest BCUT2D eigenvalue weighted by Gasteiger charge is -2.41. The number of nitrogens with one attached hydrogen (secondary N) is 1. The molecular formula is C15H22N4O3. The fourth-order valence-electron chi connectivity index (χ4n) is 3.43. The Bertz CT molecular complexity index is 545. The molecule has 2 atom stereocenters. The predicted molar refractivity (Wildman–Crippen MR) is 80.7 cm³/mol. The molecule has 3 rings (SSSR count). The first-order chi connectivity index (χ1) is 10.5. The number of aromatic amines is 1. The summed E-state index contributed by atoms with van der Waals surface area (Å²) in [4.78, 5) is 32.9. The normalized spacial score (nSPS) is 27.2. The Morgan fingerprint density at radius 1 is 1.23 bits per heavy atom. The van der Waals surface area contributed by atoms with E-state index in [0.717, 1.165) is 13.1 Å². The van der Waals surface area contributed by atoms with Crippen molar-refractivity contribution in [2.75, 3.05) is 46.3 Å². The number of H-pyrrole nitrogens is 1.